The summed E-state index contributed by atoms with van der Waals surface area (Å²) in [6.45, 7) is 1.97. The molecule has 0 radical (unpaired) electrons. The zero-order valence-electron chi connectivity index (χ0n) is 15.7. The molecular formula is C19H27N7. The van der Waals surface area contributed by atoms with E-state index >= 15 is 0 Å². The van der Waals surface area contributed by atoms with Gasteiger partial charge in [-0.05, 0) is 57.2 Å². The molecule has 3 aliphatic rings. The Labute approximate surface area is 154 Å². The first kappa shape index (κ1) is 16.2. The van der Waals surface area contributed by atoms with Gasteiger partial charge in [-0.1, -0.05) is 0 Å². The molecule has 1 aliphatic heterocycles. The van der Waals surface area contributed by atoms with Crippen molar-refractivity contribution in [3.8, 4) is 0 Å². The van der Waals surface area contributed by atoms with Crippen molar-refractivity contribution in [1.82, 2.24) is 29.9 Å². The third-order valence-corrected chi connectivity index (χ3v) is 5.83. The SMILES string of the molecule is CN(C)c1ccc(C2CCCN2Cc2nnc(C3CC3)n2C2CC2)nn1. The molecule has 1 saturated heterocycles. The van der Waals surface area contributed by atoms with Gasteiger partial charge in [0.2, 0.25) is 0 Å². The maximum Gasteiger partial charge on any atom is 0.150 e. The van der Waals surface area contributed by atoms with Crippen LogP contribution in [0.25, 0.3) is 0 Å². The summed E-state index contributed by atoms with van der Waals surface area (Å²) in [6, 6.07) is 5.19. The third-order valence-electron chi connectivity index (χ3n) is 5.83. The molecule has 2 aliphatic carbocycles. The smallest absolute Gasteiger partial charge is 0.150 e. The number of likely N-dealkylation sites (tertiary alicyclic amines) is 1. The van der Waals surface area contributed by atoms with Crippen LogP contribution in [0.4, 0.5) is 5.82 Å². The topological polar surface area (TPSA) is 63.0 Å². The molecule has 0 aromatic carbocycles. The Morgan fingerprint density at radius 3 is 2.50 bits per heavy atom. The lowest BCUT2D eigenvalue weighted by Gasteiger charge is -2.24. The molecular weight excluding hydrogens is 326 g/mol. The number of hydrogen-bond donors (Lipinski definition) is 0. The highest BCUT2D eigenvalue weighted by Gasteiger charge is 2.37. The molecule has 3 fully saturated rings. The number of anilines is 1. The summed E-state index contributed by atoms with van der Waals surface area (Å²) in [5.41, 5.74) is 1.08. The average Bonchev–Trinajstić information content (AvgIpc) is 3.58. The molecule has 2 aromatic rings. The fraction of sp³-hybridized carbons (Fsp3) is 0.684. The molecule has 2 saturated carbocycles. The van der Waals surface area contributed by atoms with Crippen LogP contribution in [0.2, 0.25) is 0 Å². The molecule has 26 heavy (non-hydrogen) atoms. The highest BCUT2D eigenvalue weighted by molar-refractivity contribution is 5.35. The molecule has 138 valence electrons. The van der Waals surface area contributed by atoms with Crippen molar-refractivity contribution >= 4 is 5.82 Å². The Morgan fingerprint density at radius 1 is 1.00 bits per heavy atom. The first-order chi connectivity index (χ1) is 12.7. The lowest BCUT2D eigenvalue weighted by atomic mass is 10.1. The van der Waals surface area contributed by atoms with Gasteiger partial charge in [0.25, 0.3) is 0 Å². The molecule has 0 bridgehead atoms. The van der Waals surface area contributed by atoms with E-state index in [9.17, 15) is 0 Å². The Bertz CT molecular complexity index is 774. The van der Waals surface area contributed by atoms with Crippen LogP contribution >= 0.6 is 0 Å². The van der Waals surface area contributed by atoms with Gasteiger partial charge in [-0.15, -0.1) is 15.3 Å². The van der Waals surface area contributed by atoms with Crippen molar-refractivity contribution in [3.63, 3.8) is 0 Å². The number of aromatic nitrogens is 5. The summed E-state index contributed by atoms with van der Waals surface area (Å²) in [5, 5.41) is 18.0. The van der Waals surface area contributed by atoms with Crippen molar-refractivity contribution in [3.05, 3.63) is 29.5 Å². The molecule has 5 rings (SSSR count). The summed E-state index contributed by atoms with van der Waals surface area (Å²) >= 11 is 0. The van der Waals surface area contributed by atoms with Gasteiger partial charge in [-0.3, -0.25) is 4.90 Å². The lowest BCUT2D eigenvalue weighted by molar-refractivity contribution is 0.233. The van der Waals surface area contributed by atoms with E-state index in [2.05, 4.69) is 42.0 Å². The molecule has 2 aromatic heterocycles. The summed E-state index contributed by atoms with van der Waals surface area (Å²) in [4.78, 5) is 4.50. The molecule has 3 heterocycles. The summed E-state index contributed by atoms with van der Waals surface area (Å²) in [6.07, 6.45) is 7.48. The van der Waals surface area contributed by atoms with Gasteiger partial charge in [0.05, 0.1) is 18.3 Å². The minimum Gasteiger partial charge on any atom is -0.361 e. The number of rotatable bonds is 6. The van der Waals surface area contributed by atoms with Gasteiger partial charge in [-0.25, -0.2) is 0 Å². The molecule has 0 amide bonds. The largest absolute Gasteiger partial charge is 0.361 e. The second-order valence-electron chi connectivity index (χ2n) is 8.19. The second kappa shape index (κ2) is 6.30. The fourth-order valence-corrected chi connectivity index (χ4v) is 4.08. The van der Waals surface area contributed by atoms with E-state index in [4.69, 9.17) is 0 Å². The quantitative estimate of drug-likeness (QED) is 0.796. The van der Waals surface area contributed by atoms with Gasteiger partial charge >= 0.3 is 0 Å². The van der Waals surface area contributed by atoms with Gasteiger partial charge in [0.1, 0.15) is 11.6 Å². The highest BCUT2D eigenvalue weighted by Crippen LogP contribution is 2.45. The zero-order valence-corrected chi connectivity index (χ0v) is 15.7. The van der Waals surface area contributed by atoms with Gasteiger partial charge in [-0.2, -0.15) is 5.10 Å². The molecule has 7 nitrogen and oxygen atoms in total. The number of nitrogens with zero attached hydrogens (tertiary/aromatic N) is 7. The fourth-order valence-electron chi connectivity index (χ4n) is 4.08. The normalized spacial score (nSPS) is 23.5. The van der Waals surface area contributed by atoms with E-state index in [0.29, 0.717) is 18.0 Å². The minimum absolute atomic E-state index is 0.340. The van der Waals surface area contributed by atoms with Crippen LogP contribution in [0.3, 0.4) is 0 Å². The van der Waals surface area contributed by atoms with Gasteiger partial charge < -0.3 is 9.47 Å². The predicted molar refractivity (Wildman–Crippen MR) is 99.0 cm³/mol. The molecule has 0 N–H and O–H groups in total. The van der Waals surface area contributed by atoms with Crippen LogP contribution in [0.5, 0.6) is 0 Å². The van der Waals surface area contributed by atoms with Crippen LogP contribution in [0.15, 0.2) is 12.1 Å². The third kappa shape index (κ3) is 2.98. The Balaban J connectivity index is 1.36. The molecule has 1 atom stereocenters. The summed E-state index contributed by atoms with van der Waals surface area (Å²) in [5.74, 6) is 3.96. The van der Waals surface area contributed by atoms with Crippen molar-refractivity contribution in [2.24, 2.45) is 0 Å². The van der Waals surface area contributed by atoms with E-state index in [1.165, 1.54) is 37.9 Å². The van der Waals surface area contributed by atoms with Crippen LogP contribution in [-0.4, -0.2) is 50.5 Å². The van der Waals surface area contributed by atoms with E-state index in [0.717, 1.165) is 36.8 Å². The van der Waals surface area contributed by atoms with E-state index in [1.54, 1.807) is 0 Å². The van der Waals surface area contributed by atoms with Gasteiger partial charge in [0.15, 0.2) is 5.82 Å². The summed E-state index contributed by atoms with van der Waals surface area (Å²) in [7, 11) is 3.99. The van der Waals surface area contributed by atoms with E-state index in [1.807, 2.05) is 19.0 Å². The average molecular weight is 353 g/mol. The second-order valence-corrected chi connectivity index (χ2v) is 8.19. The maximum absolute atomic E-state index is 4.60. The van der Waals surface area contributed by atoms with E-state index < -0.39 is 0 Å². The first-order valence-corrected chi connectivity index (χ1v) is 9.89. The van der Waals surface area contributed by atoms with E-state index in [-0.39, 0.29) is 0 Å². The minimum atomic E-state index is 0.340. The maximum atomic E-state index is 4.60. The summed E-state index contributed by atoms with van der Waals surface area (Å²) < 4.78 is 2.47. The lowest BCUT2D eigenvalue weighted by Crippen LogP contribution is -2.26. The standard InChI is InChI=1S/C19H27N7/c1-24(2)17-10-9-15(20-21-17)16-4-3-11-25(16)12-18-22-23-19(13-5-6-13)26(18)14-7-8-14/h9-10,13-14,16H,3-8,11-12H2,1-2H3. The van der Waals surface area contributed by atoms with Crippen LogP contribution in [0, 0.1) is 0 Å². The van der Waals surface area contributed by atoms with Crippen molar-refractivity contribution in [2.75, 3.05) is 25.5 Å². The molecule has 0 spiro atoms. The molecule has 7 heteroatoms. The predicted octanol–water partition coefficient (Wildman–Crippen LogP) is 2.68. The monoisotopic (exact) mass is 353 g/mol. The Kier molecular flexibility index (Phi) is 3.92. The zero-order chi connectivity index (χ0) is 17.7. The Hall–Kier alpha value is -2.02. The molecule has 1 unspecified atom stereocenters. The van der Waals surface area contributed by atoms with Crippen LogP contribution in [0.1, 0.15) is 73.9 Å². The Morgan fingerprint density at radius 2 is 1.85 bits per heavy atom. The number of hydrogen-bond acceptors (Lipinski definition) is 6. The van der Waals surface area contributed by atoms with Crippen LogP contribution in [-0.2, 0) is 6.54 Å². The van der Waals surface area contributed by atoms with Crippen molar-refractivity contribution in [1.29, 1.82) is 0 Å². The first-order valence-electron chi connectivity index (χ1n) is 9.89. The van der Waals surface area contributed by atoms with Crippen molar-refractivity contribution < 1.29 is 0 Å². The van der Waals surface area contributed by atoms with Crippen LogP contribution < -0.4 is 4.90 Å². The van der Waals surface area contributed by atoms with Gasteiger partial charge in [0, 0.05) is 26.1 Å². The highest BCUT2D eigenvalue weighted by atomic mass is 15.3. The van der Waals surface area contributed by atoms with Crippen molar-refractivity contribution in [2.45, 2.75) is 63.1 Å².